The number of anilines is 1. The molecule has 6 heteroatoms. The van der Waals surface area contributed by atoms with Crippen molar-refractivity contribution in [1.82, 2.24) is 4.90 Å². The molecular formula is C23H23N3O2S. The van der Waals surface area contributed by atoms with Gasteiger partial charge in [0.15, 0.2) is 0 Å². The van der Waals surface area contributed by atoms with Gasteiger partial charge in [0.05, 0.1) is 35.8 Å². The number of carbonyl (C=O) groups is 1. The molecule has 0 saturated carbocycles. The zero-order valence-electron chi connectivity index (χ0n) is 16.6. The highest BCUT2D eigenvalue weighted by molar-refractivity contribution is 8.03. The van der Waals surface area contributed by atoms with E-state index < -0.39 is 0 Å². The van der Waals surface area contributed by atoms with E-state index in [4.69, 9.17) is 4.74 Å². The minimum absolute atomic E-state index is 0.0590. The van der Waals surface area contributed by atoms with E-state index in [1.54, 1.807) is 16.7 Å². The summed E-state index contributed by atoms with van der Waals surface area (Å²) in [4.78, 5) is 17.0. The third-order valence-electron chi connectivity index (χ3n) is 5.34. The molecule has 0 unspecified atom stereocenters. The van der Waals surface area contributed by atoms with E-state index in [1.165, 1.54) is 5.56 Å². The highest BCUT2D eigenvalue weighted by Crippen LogP contribution is 2.43. The van der Waals surface area contributed by atoms with E-state index >= 15 is 0 Å². The Morgan fingerprint density at radius 1 is 1.21 bits per heavy atom. The molecule has 1 amide bonds. The Hall–Kier alpha value is -2.91. The summed E-state index contributed by atoms with van der Waals surface area (Å²) in [6.07, 6.45) is 0.308. The molecule has 0 bridgehead atoms. The third kappa shape index (κ3) is 3.70. The molecule has 5 nitrogen and oxygen atoms in total. The lowest BCUT2D eigenvalue weighted by Gasteiger charge is -2.42. The predicted molar refractivity (Wildman–Crippen MR) is 115 cm³/mol. The first kappa shape index (κ1) is 19.4. The van der Waals surface area contributed by atoms with Crippen molar-refractivity contribution in [2.45, 2.75) is 26.2 Å². The van der Waals surface area contributed by atoms with Crippen LogP contribution in [0.5, 0.6) is 5.75 Å². The van der Waals surface area contributed by atoms with Gasteiger partial charge in [0.2, 0.25) is 5.91 Å². The van der Waals surface area contributed by atoms with Gasteiger partial charge in [-0.05, 0) is 43.2 Å². The summed E-state index contributed by atoms with van der Waals surface area (Å²) in [5, 5.41) is 10.7. The Bertz CT molecular complexity index is 994. The van der Waals surface area contributed by atoms with Gasteiger partial charge in [-0.15, -0.1) is 0 Å². The number of hydrogen-bond acceptors (Lipinski definition) is 5. The van der Waals surface area contributed by atoms with E-state index in [2.05, 4.69) is 30.0 Å². The fraction of sp³-hybridized carbons (Fsp3) is 0.304. The van der Waals surface area contributed by atoms with Crippen LogP contribution in [0.15, 0.2) is 59.1 Å². The summed E-state index contributed by atoms with van der Waals surface area (Å²) < 4.78 is 5.51. The topological polar surface area (TPSA) is 56.6 Å². The van der Waals surface area contributed by atoms with E-state index in [1.807, 2.05) is 43.3 Å². The summed E-state index contributed by atoms with van der Waals surface area (Å²) >= 11 is 1.57. The Labute approximate surface area is 175 Å². The van der Waals surface area contributed by atoms with Crippen LogP contribution in [0.3, 0.4) is 0 Å². The SMILES string of the molecule is CCOc1ccc([C@H]2CC(=O)N3CN(c4ccccc4C)CSC3=C2C#N)cc1. The van der Waals surface area contributed by atoms with Gasteiger partial charge >= 0.3 is 0 Å². The molecule has 2 heterocycles. The molecule has 0 N–H and O–H groups in total. The summed E-state index contributed by atoms with van der Waals surface area (Å²) in [6, 6.07) is 18.3. The predicted octanol–water partition coefficient (Wildman–Crippen LogP) is 4.61. The van der Waals surface area contributed by atoms with Crippen molar-refractivity contribution >= 4 is 23.4 Å². The standard InChI is InChI=1S/C23H23N3O2S/c1-3-28-18-10-8-17(9-11-18)19-12-22(27)26-14-25(15-29-23(26)20(19)13-24)21-7-5-4-6-16(21)2/h4-11,19H,3,12,14-15H2,1-2H3/t19-/m1/s1. The van der Waals surface area contributed by atoms with Gasteiger partial charge in [-0.1, -0.05) is 42.1 Å². The van der Waals surface area contributed by atoms with Gasteiger partial charge in [0.1, 0.15) is 5.75 Å². The van der Waals surface area contributed by atoms with Crippen LogP contribution >= 0.6 is 11.8 Å². The lowest BCUT2D eigenvalue weighted by molar-refractivity contribution is -0.129. The first-order valence-electron chi connectivity index (χ1n) is 9.73. The molecule has 0 aromatic heterocycles. The molecule has 2 aliphatic rings. The number of rotatable bonds is 4. The number of aryl methyl sites for hydroxylation is 1. The van der Waals surface area contributed by atoms with Crippen molar-refractivity contribution < 1.29 is 9.53 Å². The molecule has 0 spiro atoms. The van der Waals surface area contributed by atoms with Crippen molar-refractivity contribution in [3.05, 3.63) is 70.3 Å². The van der Waals surface area contributed by atoms with E-state index in [0.717, 1.165) is 22.0 Å². The number of carbonyl (C=O) groups excluding carboxylic acids is 1. The minimum atomic E-state index is -0.202. The van der Waals surface area contributed by atoms with Crippen LogP contribution in [-0.2, 0) is 4.79 Å². The maximum Gasteiger partial charge on any atom is 0.229 e. The Morgan fingerprint density at radius 3 is 2.66 bits per heavy atom. The third-order valence-corrected chi connectivity index (χ3v) is 6.50. The van der Waals surface area contributed by atoms with Gasteiger partial charge in [-0.2, -0.15) is 5.26 Å². The summed E-state index contributed by atoms with van der Waals surface area (Å²) in [5.74, 6) is 1.37. The van der Waals surface area contributed by atoms with Crippen LogP contribution in [0, 0.1) is 18.3 Å². The van der Waals surface area contributed by atoms with Crippen LogP contribution in [0.2, 0.25) is 0 Å². The number of thioether (sulfide) groups is 1. The molecule has 4 rings (SSSR count). The van der Waals surface area contributed by atoms with E-state index in [9.17, 15) is 10.1 Å². The quantitative estimate of drug-likeness (QED) is 0.743. The summed E-state index contributed by atoms with van der Waals surface area (Å²) in [5.41, 5.74) is 3.97. The van der Waals surface area contributed by atoms with Crippen molar-refractivity contribution in [3.8, 4) is 11.8 Å². The molecular weight excluding hydrogens is 382 g/mol. The number of para-hydroxylation sites is 1. The maximum atomic E-state index is 13.0. The van der Waals surface area contributed by atoms with Crippen LogP contribution in [0.25, 0.3) is 0 Å². The minimum Gasteiger partial charge on any atom is -0.494 e. The van der Waals surface area contributed by atoms with E-state index in [0.29, 0.717) is 31.1 Å². The van der Waals surface area contributed by atoms with Crippen molar-refractivity contribution in [2.75, 3.05) is 24.1 Å². The first-order valence-corrected chi connectivity index (χ1v) is 10.7. The second-order valence-electron chi connectivity index (χ2n) is 7.15. The lowest BCUT2D eigenvalue weighted by Crippen LogP contribution is -2.47. The number of allylic oxidation sites excluding steroid dienone is 1. The van der Waals surface area contributed by atoms with Crippen molar-refractivity contribution in [3.63, 3.8) is 0 Å². The second-order valence-corrected chi connectivity index (χ2v) is 8.09. The number of ether oxygens (including phenoxy) is 1. The maximum absolute atomic E-state index is 13.0. The molecule has 2 aliphatic heterocycles. The molecule has 148 valence electrons. The summed E-state index contributed by atoms with van der Waals surface area (Å²) in [6.45, 7) is 5.11. The zero-order valence-corrected chi connectivity index (χ0v) is 17.4. The number of benzene rings is 2. The molecule has 0 aliphatic carbocycles. The van der Waals surface area contributed by atoms with Gasteiger partial charge < -0.3 is 9.64 Å². The highest BCUT2D eigenvalue weighted by atomic mass is 32.2. The lowest BCUT2D eigenvalue weighted by atomic mass is 9.86. The Balaban J connectivity index is 1.63. The number of hydrogen-bond donors (Lipinski definition) is 0. The fourth-order valence-electron chi connectivity index (χ4n) is 3.88. The Morgan fingerprint density at radius 2 is 1.97 bits per heavy atom. The van der Waals surface area contributed by atoms with Gasteiger partial charge in [0, 0.05) is 18.0 Å². The normalized spacial score (nSPS) is 19.1. The molecule has 1 fully saturated rings. The number of amides is 1. The van der Waals surface area contributed by atoms with Crippen molar-refractivity contribution in [2.24, 2.45) is 0 Å². The van der Waals surface area contributed by atoms with Crippen LogP contribution in [0.4, 0.5) is 5.69 Å². The smallest absolute Gasteiger partial charge is 0.229 e. The van der Waals surface area contributed by atoms with Crippen LogP contribution < -0.4 is 9.64 Å². The average molecular weight is 406 g/mol. The molecule has 1 saturated heterocycles. The van der Waals surface area contributed by atoms with Gasteiger partial charge in [-0.3, -0.25) is 9.69 Å². The largest absolute Gasteiger partial charge is 0.494 e. The zero-order chi connectivity index (χ0) is 20.4. The number of nitriles is 1. The molecule has 0 radical (unpaired) electrons. The molecule has 29 heavy (non-hydrogen) atoms. The van der Waals surface area contributed by atoms with Crippen LogP contribution in [0.1, 0.15) is 30.4 Å². The van der Waals surface area contributed by atoms with Crippen LogP contribution in [-0.4, -0.2) is 30.0 Å². The van der Waals surface area contributed by atoms with Gasteiger partial charge in [-0.25, -0.2) is 0 Å². The monoisotopic (exact) mass is 405 g/mol. The second kappa shape index (κ2) is 8.22. The number of nitrogens with zero attached hydrogens (tertiary/aromatic N) is 3. The molecule has 2 aromatic rings. The van der Waals surface area contributed by atoms with E-state index in [-0.39, 0.29) is 11.8 Å². The van der Waals surface area contributed by atoms with Crippen molar-refractivity contribution in [1.29, 1.82) is 5.26 Å². The summed E-state index contributed by atoms with van der Waals surface area (Å²) in [7, 11) is 0. The number of fused-ring (bicyclic) bond motifs is 1. The highest BCUT2D eigenvalue weighted by Gasteiger charge is 2.38. The fourth-order valence-corrected chi connectivity index (χ4v) is 5.04. The first-order chi connectivity index (χ1) is 14.1. The Kier molecular flexibility index (Phi) is 5.50. The average Bonchev–Trinajstić information content (AvgIpc) is 2.75. The molecule has 1 atom stereocenters. The van der Waals surface area contributed by atoms with Gasteiger partial charge in [0.25, 0.3) is 0 Å². The molecule has 2 aromatic carbocycles.